The van der Waals surface area contributed by atoms with Gasteiger partial charge >= 0.3 is 6.03 Å². The maximum Gasteiger partial charge on any atom is 0.321 e. The summed E-state index contributed by atoms with van der Waals surface area (Å²) in [5.74, 6) is 1.10. The molecule has 21 heavy (non-hydrogen) atoms. The van der Waals surface area contributed by atoms with Crippen molar-refractivity contribution in [1.82, 2.24) is 4.90 Å². The average Bonchev–Trinajstić information content (AvgIpc) is 2.49. The first-order valence-corrected chi connectivity index (χ1v) is 7.57. The first-order chi connectivity index (χ1) is 10.1. The molecule has 1 atom stereocenters. The van der Waals surface area contributed by atoms with Gasteiger partial charge in [0.15, 0.2) is 0 Å². The summed E-state index contributed by atoms with van der Waals surface area (Å²) in [5.41, 5.74) is 0.765. The number of amides is 2. The van der Waals surface area contributed by atoms with Gasteiger partial charge in [0.1, 0.15) is 5.75 Å². The molecule has 116 valence electrons. The molecule has 1 saturated heterocycles. The molecule has 1 unspecified atom stereocenters. The lowest BCUT2D eigenvalue weighted by Crippen LogP contribution is -2.42. The summed E-state index contributed by atoms with van der Waals surface area (Å²) in [6.07, 6.45) is 1.42. The molecule has 0 aliphatic carbocycles. The number of carbonyl (C=O) groups is 1. The SMILES string of the molecule is CCOc1ccc(NC(=O)N2CCC(C(C)O)CC2)cc1. The van der Waals surface area contributed by atoms with E-state index in [1.165, 1.54) is 0 Å². The molecule has 0 aromatic heterocycles. The van der Waals surface area contributed by atoms with Gasteiger partial charge in [-0.05, 0) is 56.9 Å². The van der Waals surface area contributed by atoms with E-state index in [9.17, 15) is 9.90 Å². The Morgan fingerprint density at radius 3 is 2.52 bits per heavy atom. The molecule has 1 aliphatic rings. The molecule has 2 amide bonds. The summed E-state index contributed by atoms with van der Waals surface area (Å²) >= 11 is 0. The number of aliphatic hydroxyl groups excluding tert-OH is 1. The van der Waals surface area contributed by atoms with Gasteiger partial charge in [-0.1, -0.05) is 0 Å². The maximum atomic E-state index is 12.2. The fraction of sp³-hybridized carbons (Fsp3) is 0.562. The highest BCUT2D eigenvalue weighted by atomic mass is 16.5. The third-order valence-corrected chi connectivity index (χ3v) is 3.93. The predicted molar refractivity (Wildman–Crippen MR) is 82.6 cm³/mol. The van der Waals surface area contributed by atoms with Crippen LogP contribution in [0.2, 0.25) is 0 Å². The van der Waals surface area contributed by atoms with Crippen molar-refractivity contribution in [3.63, 3.8) is 0 Å². The zero-order valence-electron chi connectivity index (χ0n) is 12.7. The minimum absolute atomic E-state index is 0.0804. The number of piperidine rings is 1. The number of hydrogen-bond donors (Lipinski definition) is 2. The number of benzene rings is 1. The molecule has 0 saturated carbocycles. The lowest BCUT2D eigenvalue weighted by Gasteiger charge is -2.33. The lowest BCUT2D eigenvalue weighted by atomic mass is 9.92. The fourth-order valence-corrected chi connectivity index (χ4v) is 2.59. The molecule has 5 nitrogen and oxygen atoms in total. The zero-order valence-corrected chi connectivity index (χ0v) is 12.7. The van der Waals surface area contributed by atoms with Crippen LogP contribution in [0.1, 0.15) is 26.7 Å². The van der Waals surface area contributed by atoms with Crippen LogP contribution < -0.4 is 10.1 Å². The molecular weight excluding hydrogens is 268 g/mol. The van der Waals surface area contributed by atoms with Gasteiger partial charge < -0.3 is 20.1 Å². The summed E-state index contributed by atoms with van der Waals surface area (Å²) in [6.45, 7) is 5.77. The van der Waals surface area contributed by atoms with E-state index in [0.717, 1.165) is 24.3 Å². The van der Waals surface area contributed by atoms with E-state index in [0.29, 0.717) is 25.6 Å². The van der Waals surface area contributed by atoms with Crippen molar-refractivity contribution < 1.29 is 14.6 Å². The number of urea groups is 1. The minimum atomic E-state index is -0.290. The summed E-state index contributed by atoms with van der Waals surface area (Å²) in [7, 11) is 0. The van der Waals surface area contributed by atoms with Crippen LogP contribution in [0, 0.1) is 5.92 Å². The Labute approximate surface area is 125 Å². The highest BCUT2D eigenvalue weighted by molar-refractivity contribution is 5.89. The Balaban J connectivity index is 1.84. The van der Waals surface area contributed by atoms with Crippen LogP contribution in [-0.4, -0.2) is 41.8 Å². The predicted octanol–water partition coefficient (Wildman–Crippen LogP) is 2.71. The summed E-state index contributed by atoms with van der Waals surface area (Å²) in [5, 5.41) is 12.5. The topological polar surface area (TPSA) is 61.8 Å². The standard InChI is InChI=1S/C16H24N2O3/c1-3-21-15-6-4-14(5-7-15)17-16(20)18-10-8-13(9-11-18)12(2)19/h4-7,12-13,19H,3,8-11H2,1-2H3,(H,17,20). The van der Waals surface area contributed by atoms with E-state index >= 15 is 0 Å². The maximum absolute atomic E-state index is 12.2. The highest BCUT2D eigenvalue weighted by Gasteiger charge is 2.25. The number of carbonyl (C=O) groups excluding carboxylic acids is 1. The Morgan fingerprint density at radius 1 is 1.38 bits per heavy atom. The van der Waals surface area contributed by atoms with Crippen LogP contribution in [0.5, 0.6) is 5.75 Å². The second kappa shape index (κ2) is 7.31. The quantitative estimate of drug-likeness (QED) is 0.897. The molecule has 0 bridgehead atoms. The van der Waals surface area contributed by atoms with Gasteiger partial charge in [0, 0.05) is 18.8 Å². The third kappa shape index (κ3) is 4.36. The van der Waals surface area contributed by atoms with E-state index in [2.05, 4.69) is 5.32 Å². The van der Waals surface area contributed by atoms with E-state index < -0.39 is 0 Å². The van der Waals surface area contributed by atoms with Gasteiger partial charge in [-0.25, -0.2) is 4.79 Å². The van der Waals surface area contributed by atoms with Gasteiger partial charge in [0.25, 0.3) is 0 Å². The summed E-state index contributed by atoms with van der Waals surface area (Å²) in [6, 6.07) is 7.29. The first kappa shape index (κ1) is 15.6. The van der Waals surface area contributed by atoms with Crippen LogP contribution in [0.4, 0.5) is 10.5 Å². The molecule has 1 aromatic carbocycles. The van der Waals surface area contributed by atoms with Crippen LogP contribution in [0.15, 0.2) is 24.3 Å². The van der Waals surface area contributed by atoms with Gasteiger partial charge in [-0.2, -0.15) is 0 Å². The van der Waals surface area contributed by atoms with Crippen molar-refractivity contribution in [3.8, 4) is 5.75 Å². The molecule has 2 N–H and O–H groups in total. The Morgan fingerprint density at radius 2 is 2.00 bits per heavy atom. The number of nitrogens with zero attached hydrogens (tertiary/aromatic N) is 1. The largest absolute Gasteiger partial charge is 0.494 e. The number of likely N-dealkylation sites (tertiary alicyclic amines) is 1. The van der Waals surface area contributed by atoms with Crippen LogP contribution in [-0.2, 0) is 0 Å². The molecule has 1 fully saturated rings. The van der Waals surface area contributed by atoms with E-state index in [-0.39, 0.29) is 12.1 Å². The summed E-state index contributed by atoms with van der Waals surface area (Å²) in [4.78, 5) is 14.0. The van der Waals surface area contributed by atoms with Crippen molar-refractivity contribution >= 4 is 11.7 Å². The number of aliphatic hydroxyl groups is 1. The van der Waals surface area contributed by atoms with Gasteiger partial charge in [0.05, 0.1) is 12.7 Å². The second-order valence-electron chi connectivity index (χ2n) is 5.45. The zero-order chi connectivity index (χ0) is 15.2. The van der Waals surface area contributed by atoms with Crippen LogP contribution in [0.25, 0.3) is 0 Å². The third-order valence-electron chi connectivity index (χ3n) is 3.93. The molecule has 0 radical (unpaired) electrons. The monoisotopic (exact) mass is 292 g/mol. The van der Waals surface area contributed by atoms with Crippen molar-refractivity contribution in [2.75, 3.05) is 25.0 Å². The number of nitrogens with one attached hydrogen (secondary N) is 1. The fourth-order valence-electron chi connectivity index (χ4n) is 2.59. The second-order valence-corrected chi connectivity index (χ2v) is 5.45. The van der Waals surface area contributed by atoms with Crippen molar-refractivity contribution in [2.45, 2.75) is 32.8 Å². The van der Waals surface area contributed by atoms with E-state index in [1.807, 2.05) is 38.1 Å². The minimum Gasteiger partial charge on any atom is -0.494 e. The lowest BCUT2D eigenvalue weighted by molar-refractivity contribution is 0.0820. The summed E-state index contributed by atoms with van der Waals surface area (Å²) < 4.78 is 5.37. The van der Waals surface area contributed by atoms with Gasteiger partial charge in [0.2, 0.25) is 0 Å². The number of hydrogen-bond acceptors (Lipinski definition) is 3. The van der Waals surface area contributed by atoms with E-state index in [4.69, 9.17) is 4.74 Å². The van der Waals surface area contributed by atoms with Gasteiger partial charge in [-0.15, -0.1) is 0 Å². The number of rotatable bonds is 4. The first-order valence-electron chi connectivity index (χ1n) is 7.57. The Bertz CT molecular complexity index is 451. The molecule has 2 rings (SSSR count). The normalized spacial score (nSPS) is 17.4. The average molecular weight is 292 g/mol. The molecule has 1 aromatic rings. The molecular formula is C16H24N2O3. The van der Waals surface area contributed by atoms with Crippen LogP contribution in [0.3, 0.4) is 0 Å². The van der Waals surface area contributed by atoms with E-state index in [1.54, 1.807) is 4.90 Å². The smallest absolute Gasteiger partial charge is 0.321 e. The van der Waals surface area contributed by atoms with Gasteiger partial charge in [-0.3, -0.25) is 0 Å². The van der Waals surface area contributed by atoms with Crippen molar-refractivity contribution in [2.24, 2.45) is 5.92 Å². The molecule has 0 spiro atoms. The number of anilines is 1. The van der Waals surface area contributed by atoms with Crippen molar-refractivity contribution in [3.05, 3.63) is 24.3 Å². The Hall–Kier alpha value is -1.75. The molecule has 1 heterocycles. The molecule has 1 aliphatic heterocycles. The molecule has 5 heteroatoms. The number of ether oxygens (including phenoxy) is 1. The van der Waals surface area contributed by atoms with Crippen molar-refractivity contribution in [1.29, 1.82) is 0 Å². The Kier molecular flexibility index (Phi) is 5.44. The highest BCUT2D eigenvalue weighted by Crippen LogP contribution is 2.21. The van der Waals surface area contributed by atoms with Crippen LogP contribution >= 0.6 is 0 Å².